The summed E-state index contributed by atoms with van der Waals surface area (Å²) >= 11 is 0. The lowest BCUT2D eigenvalue weighted by molar-refractivity contribution is -0.138. The number of amides is 1. The number of aryl methyl sites for hydroxylation is 1. The molecule has 0 heterocycles. The number of halogens is 6. The molecule has 2 atom stereocenters. The normalized spacial score (nSPS) is 13.8. The van der Waals surface area contributed by atoms with Gasteiger partial charge in [0, 0.05) is 13.1 Å². The van der Waals surface area contributed by atoms with Crippen LogP contribution >= 0.6 is 0 Å². The van der Waals surface area contributed by atoms with Crippen LogP contribution < -0.4 is 10.6 Å². The molecule has 9 heteroatoms. The number of hydrogen-bond acceptors (Lipinski definition) is 2. The Kier molecular flexibility index (Phi) is 8.22. The summed E-state index contributed by atoms with van der Waals surface area (Å²) in [5, 5.41) is 5.72. The minimum atomic E-state index is -4.55. The number of alkyl halides is 6. The molecule has 0 radical (unpaired) electrons. The van der Waals surface area contributed by atoms with Gasteiger partial charge in [-0.15, -0.1) is 0 Å². The molecule has 3 aromatic carbocycles. The first-order chi connectivity index (χ1) is 16.5. The van der Waals surface area contributed by atoms with E-state index in [0.717, 1.165) is 24.3 Å². The molecule has 35 heavy (non-hydrogen) atoms. The Hall–Kier alpha value is -3.33. The summed E-state index contributed by atoms with van der Waals surface area (Å²) in [5.74, 6) is -0.372. The minimum Gasteiger partial charge on any atom is -0.358 e. The topological polar surface area (TPSA) is 41.1 Å². The highest BCUT2D eigenvalue weighted by molar-refractivity contribution is 5.83. The van der Waals surface area contributed by atoms with E-state index in [1.807, 2.05) is 0 Å². The maximum Gasteiger partial charge on any atom is 0.416 e. The van der Waals surface area contributed by atoms with E-state index >= 15 is 0 Å². The molecule has 0 aliphatic rings. The quantitative estimate of drug-likeness (QED) is 0.352. The number of carbonyl (C=O) groups is 1. The van der Waals surface area contributed by atoms with Gasteiger partial charge in [0.2, 0.25) is 5.91 Å². The zero-order valence-electron chi connectivity index (χ0n) is 18.8. The third kappa shape index (κ3) is 7.08. The summed E-state index contributed by atoms with van der Waals surface area (Å²) in [7, 11) is 1.46. The number of rotatable bonds is 8. The highest BCUT2D eigenvalue weighted by Crippen LogP contribution is 2.33. The van der Waals surface area contributed by atoms with Gasteiger partial charge in [-0.25, -0.2) is 0 Å². The largest absolute Gasteiger partial charge is 0.416 e. The van der Waals surface area contributed by atoms with E-state index in [9.17, 15) is 31.1 Å². The third-order valence-corrected chi connectivity index (χ3v) is 5.63. The fourth-order valence-electron chi connectivity index (χ4n) is 3.76. The zero-order chi connectivity index (χ0) is 25.6. The fourth-order valence-corrected chi connectivity index (χ4v) is 3.76. The molecule has 0 unspecified atom stereocenters. The molecule has 0 saturated heterocycles. The Morgan fingerprint density at radius 3 is 1.94 bits per heavy atom. The number of likely N-dealkylation sites (N-methyl/N-ethyl adjacent to an activating group) is 1. The van der Waals surface area contributed by atoms with Crippen molar-refractivity contribution in [2.45, 2.75) is 37.3 Å². The SMILES string of the molecule is CNC(=O)[C@@H](N[C@H](CCc1ccc(C(F)(F)F)cc1)c1cccc(C(F)(F)F)c1)c1ccccc1. The van der Waals surface area contributed by atoms with Crippen molar-refractivity contribution in [1.82, 2.24) is 10.6 Å². The molecule has 186 valence electrons. The van der Waals surface area contributed by atoms with Crippen molar-refractivity contribution >= 4 is 5.91 Å². The summed E-state index contributed by atoms with van der Waals surface area (Å²) in [4.78, 5) is 12.7. The van der Waals surface area contributed by atoms with Crippen molar-refractivity contribution in [1.29, 1.82) is 0 Å². The third-order valence-electron chi connectivity index (χ3n) is 5.63. The lowest BCUT2D eigenvalue weighted by Crippen LogP contribution is -2.38. The van der Waals surface area contributed by atoms with Crippen molar-refractivity contribution in [3.63, 3.8) is 0 Å². The summed E-state index contributed by atoms with van der Waals surface area (Å²) < 4.78 is 78.6. The molecule has 1 amide bonds. The molecule has 0 saturated carbocycles. The molecular formula is C26H24F6N2O. The van der Waals surface area contributed by atoms with Gasteiger partial charge in [-0.1, -0.05) is 54.6 Å². The van der Waals surface area contributed by atoms with Crippen LogP contribution in [0.15, 0.2) is 78.9 Å². The Morgan fingerprint density at radius 1 is 0.771 bits per heavy atom. The molecule has 0 aromatic heterocycles. The second kappa shape index (κ2) is 10.9. The van der Waals surface area contributed by atoms with Crippen LogP contribution in [0.5, 0.6) is 0 Å². The van der Waals surface area contributed by atoms with Gasteiger partial charge in [0.25, 0.3) is 0 Å². The average Bonchev–Trinajstić information content (AvgIpc) is 2.83. The van der Waals surface area contributed by atoms with E-state index in [-0.39, 0.29) is 18.7 Å². The fraction of sp³-hybridized carbons (Fsp3) is 0.269. The molecule has 3 rings (SSSR count). The number of carbonyl (C=O) groups excluding carboxylic acids is 1. The van der Waals surface area contributed by atoms with Crippen LogP contribution in [0.25, 0.3) is 0 Å². The van der Waals surface area contributed by atoms with E-state index in [4.69, 9.17) is 0 Å². The Bertz CT molecular complexity index is 1110. The van der Waals surface area contributed by atoms with Gasteiger partial charge >= 0.3 is 12.4 Å². The first-order valence-corrected chi connectivity index (χ1v) is 10.8. The first kappa shape index (κ1) is 26.3. The van der Waals surface area contributed by atoms with Gasteiger partial charge in [-0.3, -0.25) is 10.1 Å². The molecule has 2 N–H and O–H groups in total. The predicted octanol–water partition coefficient (Wildman–Crippen LogP) is 6.48. The molecule has 0 spiro atoms. The standard InChI is InChI=1S/C26H24F6N2O/c1-33-24(35)23(18-6-3-2-4-7-18)34-22(19-8-5-9-21(16-19)26(30,31)32)15-12-17-10-13-20(14-11-17)25(27,28)29/h2-11,13-14,16,22-23,34H,12,15H2,1H3,(H,33,35)/t22-,23+/m1/s1. The highest BCUT2D eigenvalue weighted by Gasteiger charge is 2.32. The van der Waals surface area contributed by atoms with Gasteiger partial charge in [-0.2, -0.15) is 26.3 Å². The zero-order valence-corrected chi connectivity index (χ0v) is 18.8. The van der Waals surface area contributed by atoms with E-state index in [2.05, 4.69) is 10.6 Å². The van der Waals surface area contributed by atoms with Crippen molar-refractivity contribution in [2.24, 2.45) is 0 Å². The van der Waals surface area contributed by atoms with Gasteiger partial charge < -0.3 is 5.32 Å². The Morgan fingerprint density at radius 2 is 1.37 bits per heavy atom. The van der Waals surface area contributed by atoms with E-state index in [1.54, 1.807) is 30.3 Å². The van der Waals surface area contributed by atoms with Crippen LogP contribution in [-0.2, 0) is 23.6 Å². The Labute approximate surface area is 199 Å². The maximum atomic E-state index is 13.4. The monoisotopic (exact) mass is 494 g/mol. The van der Waals surface area contributed by atoms with Crippen molar-refractivity contribution in [3.05, 3.63) is 107 Å². The number of nitrogens with one attached hydrogen (secondary N) is 2. The van der Waals surface area contributed by atoms with Crippen LogP contribution in [0.2, 0.25) is 0 Å². The maximum absolute atomic E-state index is 13.4. The second-order valence-corrected chi connectivity index (χ2v) is 8.03. The summed E-state index contributed by atoms with van der Waals surface area (Å²) in [6.45, 7) is 0. The minimum absolute atomic E-state index is 0.243. The molecule has 0 fully saturated rings. The molecular weight excluding hydrogens is 470 g/mol. The second-order valence-electron chi connectivity index (χ2n) is 8.03. The molecule has 0 aliphatic carbocycles. The van der Waals surface area contributed by atoms with Gasteiger partial charge in [-0.05, 0) is 53.8 Å². The molecule has 0 aliphatic heterocycles. The highest BCUT2D eigenvalue weighted by atomic mass is 19.4. The lowest BCUT2D eigenvalue weighted by Gasteiger charge is -2.26. The summed E-state index contributed by atoms with van der Waals surface area (Å²) in [5.41, 5.74) is -0.0759. The van der Waals surface area contributed by atoms with Crippen molar-refractivity contribution in [3.8, 4) is 0 Å². The summed E-state index contributed by atoms with van der Waals surface area (Å²) in [6.07, 6.45) is -8.49. The van der Waals surface area contributed by atoms with Crippen molar-refractivity contribution < 1.29 is 31.1 Å². The van der Waals surface area contributed by atoms with Crippen molar-refractivity contribution in [2.75, 3.05) is 7.05 Å². The molecule has 0 bridgehead atoms. The number of hydrogen-bond donors (Lipinski definition) is 2. The molecule has 3 nitrogen and oxygen atoms in total. The smallest absolute Gasteiger partial charge is 0.358 e. The van der Waals surface area contributed by atoms with Gasteiger partial charge in [0.1, 0.15) is 6.04 Å². The summed E-state index contributed by atoms with van der Waals surface area (Å²) in [6, 6.07) is 16.6. The van der Waals surface area contributed by atoms with Crippen LogP contribution in [-0.4, -0.2) is 13.0 Å². The predicted molar refractivity (Wildman–Crippen MR) is 120 cm³/mol. The number of benzene rings is 3. The average molecular weight is 494 g/mol. The van der Waals surface area contributed by atoms with Crippen LogP contribution in [0.1, 0.15) is 46.3 Å². The van der Waals surface area contributed by atoms with Gasteiger partial charge in [0.05, 0.1) is 11.1 Å². The van der Waals surface area contributed by atoms with E-state index in [1.165, 1.54) is 31.3 Å². The van der Waals surface area contributed by atoms with Gasteiger partial charge in [0.15, 0.2) is 0 Å². The van der Waals surface area contributed by atoms with Crippen LogP contribution in [0.3, 0.4) is 0 Å². The van der Waals surface area contributed by atoms with Crippen LogP contribution in [0, 0.1) is 0 Å². The first-order valence-electron chi connectivity index (χ1n) is 10.8. The molecule has 3 aromatic rings. The Balaban J connectivity index is 1.92. The van der Waals surface area contributed by atoms with E-state index < -0.39 is 35.6 Å². The lowest BCUT2D eigenvalue weighted by atomic mass is 9.95. The van der Waals surface area contributed by atoms with E-state index in [0.29, 0.717) is 16.7 Å². The van der Waals surface area contributed by atoms with Crippen LogP contribution in [0.4, 0.5) is 26.3 Å².